The van der Waals surface area contributed by atoms with Crippen molar-refractivity contribution in [2.75, 3.05) is 6.61 Å². The van der Waals surface area contributed by atoms with Gasteiger partial charge in [0.15, 0.2) is 0 Å². The van der Waals surface area contributed by atoms with Gasteiger partial charge < -0.3 is 10.5 Å². The molecule has 0 amide bonds. The zero-order valence-electron chi connectivity index (χ0n) is 12.1. The molecule has 0 saturated heterocycles. The summed E-state index contributed by atoms with van der Waals surface area (Å²) in [7, 11) is 0. The Kier molecular flexibility index (Phi) is 4.23. The number of hydrogen-bond acceptors (Lipinski definition) is 3. The highest BCUT2D eigenvalue weighted by atomic mass is 32.1. The fourth-order valence-electron chi connectivity index (χ4n) is 2.47. The third-order valence-electron chi connectivity index (χ3n) is 3.60. The van der Waals surface area contributed by atoms with Crippen LogP contribution in [-0.2, 0) is 0 Å². The van der Waals surface area contributed by atoms with Crippen molar-refractivity contribution in [2.45, 2.75) is 19.4 Å². The summed E-state index contributed by atoms with van der Waals surface area (Å²) >= 11 is 1.75. The maximum Gasteiger partial charge on any atom is 0.119 e. The summed E-state index contributed by atoms with van der Waals surface area (Å²) in [4.78, 5) is 0. The Labute approximate surface area is 129 Å². The number of benzene rings is 2. The SMILES string of the molecule is Cc1cccc(OCCC(N)c2cccc3ccsc23)c1. The topological polar surface area (TPSA) is 35.2 Å². The molecule has 21 heavy (non-hydrogen) atoms. The van der Waals surface area contributed by atoms with Crippen LogP contribution in [0.5, 0.6) is 5.75 Å². The van der Waals surface area contributed by atoms with Gasteiger partial charge in [0.2, 0.25) is 0 Å². The van der Waals surface area contributed by atoms with Crippen LogP contribution >= 0.6 is 11.3 Å². The van der Waals surface area contributed by atoms with E-state index in [0.29, 0.717) is 6.61 Å². The summed E-state index contributed by atoms with van der Waals surface area (Å²) in [6.45, 7) is 2.70. The number of rotatable bonds is 5. The molecule has 108 valence electrons. The Morgan fingerprint density at radius 3 is 2.86 bits per heavy atom. The van der Waals surface area contributed by atoms with E-state index in [2.05, 4.69) is 42.6 Å². The van der Waals surface area contributed by atoms with Crippen molar-refractivity contribution in [1.29, 1.82) is 0 Å². The number of aryl methyl sites for hydroxylation is 1. The zero-order chi connectivity index (χ0) is 14.7. The predicted molar refractivity (Wildman–Crippen MR) is 90.0 cm³/mol. The van der Waals surface area contributed by atoms with Crippen molar-refractivity contribution in [3.05, 3.63) is 65.0 Å². The fraction of sp³-hybridized carbons (Fsp3) is 0.222. The third kappa shape index (κ3) is 3.26. The van der Waals surface area contributed by atoms with Gasteiger partial charge in [-0.1, -0.05) is 30.3 Å². The van der Waals surface area contributed by atoms with Gasteiger partial charge in [0.25, 0.3) is 0 Å². The van der Waals surface area contributed by atoms with Crippen molar-refractivity contribution in [1.82, 2.24) is 0 Å². The molecule has 3 heteroatoms. The second kappa shape index (κ2) is 6.29. The van der Waals surface area contributed by atoms with Crippen molar-refractivity contribution in [3.63, 3.8) is 0 Å². The number of fused-ring (bicyclic) bond motifs is 1. The molecule has 0 aliphatic carbocycles. The summed E-state index contributed by atoms with van der Waals surface area (Å²) in [5.74, 6) is 0.913. The van der Waals surface area contributed by atoms with Gasteiger partial charge in [-0.05, 0) is 47.0 Å². The molecule has 0 aliphatic heterocycles. The highest BCUT2D eigenvalue weighted by Crippen LogP contribution is 2.29. The fourth-order valence-corrected chi connectivity index (χ4v) is 3.45. The number of nitrogens with two attached hydrogens (primary N) is 1. The van der Waals surface area contributed by atoms with E-state index in [1.54, 1.807) is 11.3 Å². The minimum Gasteiger partial charge on any atom is -0.494 e. The van der Waals surface area contributed by atoms with Gasteiger partial charge in [0, 0.05) is 17.2 Å². The third-order valence-corrected chi connectivity index (χ3v) is 4.58. The monoisotopic (exact) mass is 297 g/mol. The Balaban J connectivity index is 1.64. The van der Waals surface area contributed by atoms with Gasteiger partial charge in [-0.2, -0.15) is 0 Å². The predicted octanol–water partition coefficient (Wildman–Crippen LogP) is 4.68. The first-order valence-corrected chi connectivity index (χ1v) is 8.03. The van der Waals surface area contributed by atoms with Crippen LogP contribution in [0.1, 0.15) is 23.6 Å². The summed E-state index contributed by atoms with van der Waals surface area (Å²) in [5.41, 5.74) is 8.77. The Morgan fingerprint density at radius 1 is 1.14 bits per heavy atom. The van der Waals surface area contributed by atoms with E-state index in [1.165, 1.54) is 21.2 Å². The lowest BCUT2D eigenvalue weighted by molar-refractivity contribution is 0.299. The molecule has 2 nitrogen and oxygen atoms in total. The first-order valence-electron chi connectivity index (χ1n) is 7.15. The largest absolute Gasteiger partial charge is 0.494 e. The van der Waals surface area contributed by atoms with Gasteiger partial charge in [-0.25, -0.2) is 0 Å². The first-order chi connectivity index (χ1) is 10.2. The van der Waals surface area contributed by atoms with Crippen LogP contribution in [0.25, 0.3) is 10.1 Å². The van der Waals surface area contributed by atoms with Crippen LogP contribution in [0.4, 0.5) is 0 Å². The molecule has 0 saturated carbocycles. The van der Waals surface area contributed by atoms with Crippen LogP contribution < -0.4 is 10.5 Å². The van der Waals surface area contributed by atoms with Crippen molar-refractivity contribution in [2.24, 2.45) is 5.73 Å². The standard InChI is InChI=1S/C18H19NOS/c1-13-4-2-6-15(12-13)20-10-8-17(19)16-7-3-5-14-9-11-21-18(14)16/h2-7,9,11-12,17H,8,10,19H2,1H3. The molecule has 0 spiro atoms. The van der Waals surface area contributed by atoms with Gasteiger partial charge in [0.1, 0.15) is 5.75 Å². The minimum atomic E-state index is 0.0113. The van der Waals surface area contributed by atoms with Crippen LogP contribution in [0, 0.1) is 6.92 Å². The molecular formula is C18H19NOS. The summed E-state index contributed by atoms with van der Waals surface area (Å²) < 4.78 is 7.09. The molecule has 1 heterocycles. The van der Waals surface area contributed by atoms with Crippen molar-refractivity contribution < 1.29 is 4.74 Å². The van der Waals surface area contributed by atoms with Crippen LogP contribution in [0.3, 0.4) is 0 Å². The maximum atomic E-state index is 6.34. The van der Waals surface area contributed by atoms with E-state index in [-0.39, 0.29) is 6.04 Å². The average Bonchev–Trinajstić information content (AvgIpc) is 2.95. The number of hydrogen-bond donors (Lipinski definition) is 1. The smallest absolute Gasteiger partial charge is 0.119 e. The molecule has 2 aromatic carbocycles. The molecule has 0 radical (unpaired) electrons. The molecule has 3 aromatic rings. The zero-order valence-corrected chi connectivity index (χ0v) is 12.9. The normalized spacial score (nSPS) is 12.5. The first kappa shape index (κ1) is 14.1. The molecule has 1 unspecified atom stereocenters. The van der Waals surface area contributed by atoms with Gasteiger partial charge in [0.05, 0.1) is 6.61 Å². The van der Waals surface area contributed by atoms with Gasteiger partial charge >= 0.3 is 0 Å². The van der Waals surface area contributed by atoms with Crippen molar-refractivity contribution >= 4 is 21.4 Å². The number of thiophene rings is 1. The molecule has 3 rings (SSSR count). The summed E-state index contributed by atoms with van der Waals surface area (Å²) in [5, 5.41) is 3.39. The van der Waals surface area contributed by atoms with Crippen LogP contribution in [-0.4, -0.2) is 6.61 Å². The van der Waals surface area contributed by atoms with E-state index in [0.717, 1.165) is 12.2 Å². The molecule has 1 aromatic heterocycles. The van der Waals surface area contributed by atoms with E-state index < -0.39 is 0 Å². The summed E-state index contributed by atoms with van der Waals surface area (Å²) in [6.07, 6.45) is 0.810. The van der Waals surface area contributed by atoms with Gasteiger partial charge in [-0.3, -0.25) is 0 Å². The molecule has 0 bridgehead atoms. The van der Waals surface area contributed by atoms with Crippen LogP contribution in [0.15, 0.2) is 53.9 Å². The molecule has 0 fully saturated rings. The van der Waals surface area contributed by atoms with Crippen LogP contribution in [0.2, 0.25) is 0 Å². The van der Waals surface area contributed by atoms with E-state index in [9.17, 15) is 0 Å². The molecule has 0 aliphatic rings. The second-order valence-corrected chi connectivity index (χ2v) is 6.16. The molecular weight excluding hydrogens is 278 g/mol. The minimum absolute atomic E-state index is 0.0113. The average molecular weight is 297 g/mol. The second-order valence-electron chi connectivity index (χ2n) is 5.25. The lowest BCUT2D eigenvalue weighted by Gasteiger charge is -2.14. The Hall–Kier alpha value is -1.84. The molecule has 1 atom stereocenters. The van der Waals surface area contributed by atoms with E-state index in [1.807, 2.05) is 18.2 Å². The van der Waals surface area contributed by atoms with E-state index in [4.69, 9.17) is 10.5 Å². The number of ether oxygens (including phenoxy) is 1. The summed E-state index contributed by atoms with van der Waals surface area (Å²) in [6, 6.07) is 16.6. The highest BCUT2D eigenvalue weighted by Gasteiger charge is 2.11. The Morgan fingerprint density at radius 2 is 2.00 bits per heavy atom. The lowest BCUT2D eigenvalue weighted by Crippen LogP contribution is -2.14. The highest BCUT2D eigenvalue weighted by molar-refractivity contribution is 7.17. The maximum absolute atomic E-state index is 6.34. The lowest BCUT2D eigenvalue weighted by atomic mass is 10.0. The Bertz CT molecular complexity index is 735. The molecule has 2 N–H and O–H groups in total. The van der Waals surface area contributed by atoms with E-state index >= 15 is 0 Å². The quantitative estimate of drug-likeness (QED) is 0.742. The van der Waals surface area contributed by atoms with Crippen molar-refractivity contribution in [3.8, 4) is 5.75 Å². The van der Waals surface area contributed by atoms with Gasteiger partial charge in [-0.15, -0.1) is 11.3 Å².